The first-order chi connectivity index (χ1) is 32.3. The maximum absolute atomic E-state index is 15.1. The molecule has 0 radical (unpaired) electrons. The highest BCUT2D eigenvalue weighted by Gasteiger charge is 2.42. The zero-order valence-electron chi connectivity index (χ0n) is 39.2. The second-order valence-corrected chi connectivity index (χ2v) is 19.3. The molecule has 2 aromatic rings. The lowest BCUT2D eigenvalue weighted by molar-refractivity contribution is -0.134. The number of anilines is 1. The number of ether oxygens (including phenoxy) is 6. The summed E-state index contributed by atoms with van der Waals surface area (Å²) in [6.45, 7) is 6.31. The molecule has 21 heteroatoms. The Labute approximate surface area is 392 Å². The van der Waals surface area contributed by atoms with Gasteiger partial charge in [0.1, 0.15) is 29.8 Å². The van der Waals surface area contributed by atoms with Crippen molar-refractivity contribution in [2.75, 3.05) is 64.0 Å². The molecule has 2 unspecified atom stereocenters. The second-order valence-electron chi connectivity index (χ2n) is 17.3. The van der Waals surface area contributed by atoms with Gasteiger partial charge in [0, 0.05) is 58.0 Å². The topological polar surface area (TPSA) is 224 Å². The molecule has 1 N–H and O–H groups in total. The minimum Gasteiger partial charge on any atom is -0.449 e. The van der Waals surface area contributed by atoms with E-state index in [1.165, 1.54) is 29.7 Å². The van der Waals surface area contributed by atoms with E-state index in [9.17, 15) is 24.0 Å². The van der Waals surface area contributed by atoms with E-state index in [-0.39, 0.29) is 62.6 Å². The molecule has 0 spiro atoms. The quantitative estimate of drug-likeness (QED) is 0.0475. The number of nitrogens with zero attached hydrogens (tertiary/aromatic N) is 5. The summed E-state index contributed by atoms with van der Waals surface area (Å²) < 4.78 is 59.7. The number of unbranched alkanes of at least 4 members (excludes halogenated alkanes) is 1. The Morgan fingerprint density at radius 1 is 0.761 bits per heavy atom. The number of methoxy groups -OCH3 is 1. The van der Waals surface area contributed by atoms with Gasteiger partial charge < -0.3 is 48.4 Å². The minimum absolute atomic E-state index is 0.0462. The van der Waals surface area contributed by atoms with Gasteiger partial charge in [-0.2, -0.15) is 0 Å². The molecule has 4 fully saturated rings. The van der Waals surface area contributed by atoms with Crippen LogP contribution in [-0.4, -0.2) is 146 Å². The zero-order chi connectivity index (χ0) is 47.8. The van der Waals surface area contributed by atoms with Crippen LogP contribution >= 0.6 is 7.60 Å². The van der Waals surface area contributed by atoms with E-state index in [0.29, 0.717) is 56.6 Å². The van der Waals surface area contributed by atoms with Crippen LogP contribution in [0.5, 0.6) is 0 Å². The molecule has 4 atom stereocenters. The summed E-state index contributed by atoms with van der Waals surface area (Å²) in [5.74, 6) is -0.788. The molecule has 2 saturated heterocycles. The summed E-state index contributed by atoms with van der Waals surface area (Å²) in [5.41, 5.74) is 0.543. The fourth-order valence-electron chi connectivity index (χ4n) is 8.49. The zero-order valence-corrected chi connectivity index (χ0v) is 40.1. The molecule has 2 aliphatic heterocycles. The minimum atomic E-state index is -4.74. The van der Waals surface area contributed by atoms with Gasteiger partial charge >= 0.3 is 26.0 Å². The van der Waals surface area contributed by atoms with Gasteiger partial charge in [0.05, 0.1) is 18.9 Å². The van der Waals surface area contributed by atoms with Crippen molar-refractivity contribution in [2.24, 2.45) is 0 Å². The van der Waals surface area contributed by atoms with Crippen molar-refractivity contribution in [3.05, 3.63) is 42.1 Å². The summed E-state index contributed by atoms with van der Waals surface area (Å²) >= 11 is 0. The van der Waals surface area contributed by atoms with E-state index in [1.807, 2.05) is 42.2 Å². The maximum Gasteiger partial charge on any atom is 0.510 e. The molecule has 0 bridgehead atoms. The monoisotopic (exact) mass is 958 g/mol. The predicted octanol–water partition coefficient (Wildman–Crippen LogP) is 7.44. The Balaban J connectivity index is 1.27. The van der Waals surface area contributed by atoms with Crippen molar-refractivity contribution in [2.45, 2.75) is 141 Å². The number of hydrogen-bond acceptors (Lipinski definition) is 17. The molecule has 3 amide bonds. The number of benzene rings is 1. The van der Waals surface area contributed by atoms with E-state index in [4.69, 9.17) is 42.5 Å². The van der Waals surface area contributed by atoms with Crippen LogP contribution in [0.4, 0.5) is 20.2 Å². The molecule has 1 aromatic heterocycles. The number of hydrogen-bond donors (Lipinski definition) is 1. The molecular weight excluding hydrogens is 892 g/mol. The number of piperazine rings is 1. The standard InChI is InChI=1S/C46H67N6O14P/c1-5-6-28-60-44(55)51-26-24-50(25-27-51)43(54)39(48-42(53)38-29-40(52-23-22-37(30-52)59-4)49-41(47-38)34-16-10-7-11-17-34)31-67(58,65-32(2)61-45(56)63-35-18-12-8-13-19-35)66-33(3)62-46(57)64-36-20-14-9-15-21-36/h7,10-11,16-17,29,32-33,35-37,39H,5-6,8-9,12-15,18-28,30-31H2,1-4H3,(H,48,53)/t32?,33?,37-,39-,67?/m0/s1. The fraction of sp³-hybridized carbons (Fsp3) is 0.674. The normalized spacial score (nSPS) is 20.5. The van der Waals surface area contributed by atoms with Gasteiger partial charge in [0.15, 0.2) is 5.82 Å². The lowest BCUT2D eigenvalue weighted by Gasteiger charge is -2.36. The van der Waals surface area contributed by atoms with Crippen LogP contribution in [0.1, 0.15) is 115 Å². The second kappa shape index (κ2) is 25.4. The number of carbonyl (C=O) groups excluding carboxylic acids is 5. The van der Waals surface area contributed by atoms with Gasteiger partial charge in [-0.05, 0) is 78.1 Å². The number of aromatic nitrogens is 2. The third kappa shape index (κ3) is 15.8. The van der Waals surface area contributed by atoms with Gasteiger partial charge in [-0.1, -0.05) is 56.5 Å². The van der Waals surface area contributed by atoms with Crippen molar-refractivity contribution in [3.63, 3.8) is 0 Å². The first-order valence-corrected chi connectivity index (χ1v) is 25.5. The van der Waals surface area contributed by atoms with Crippen molar-refractivity contribution in [1.29, 1.82) is 0 Å². The molecular formula is C46H67N6O14P. The Kier molecular flexibility index (Phi) is 19.4. The SMILES string of the molecule is CCCCOC(=O)N1CCN(C(=O)[C@H](CP(=O)(OC(C)OC(=O)OC2CCCCC2)OC(C)OC(=O)OC2CCCCC2)NC(=O)c2cc(N3CC[C@H](OC)C3)nc(-c3ccccc3)n2)CC1. The van der Waals surface area contributed by atoms with E-state index in [0.717, 1.165) is 51.4 Å². The van der Waals surface area contributed by atoms with Gasteiger partial charge in [0.2, 0.25) is 18.5 Å². The highest BCUT2D eigenvalue weighted by atomic mass is 31.2. The van der Waals surface area contributed by atoms with E-state index >= 15 is 4.57 Å². The molecule has 67 heavy (non-hydrogen) atoms. The van der Waals surface area contributed by atoms with Crippen LogP contribution in [0.3, 0.4) is 0 Å². The molecule has 20 nitrogen and oxygen atoms in total. The molecule has 1 aromatic carbocycles. The Morgan fingerprint density at radius 3 is 1.90 bits per heavy atom. The van der Waals surface area contributed by atoms with Crippen LogP contribution in [0.25, 0.3) is 11.4 Å². The van der Waals surface area contributed by atoms with E-state index < -0.39 is 62.6 Å². The van der Waals surface area contributed by atoms with Gasteiger partial charge in [-0.25, -0.2) is 24.4 Å². The van der Waals surface area contributed by atoms with Gasteiger partial charge in [-0.3, -0.25) is 23.2 Å². The summed E-state index contributed by atoms with van der Waals surface area (Å²) in [7, 11) is -3.11. The van der Waals surface area contributed by atoms with Crippen LogP contribution in [-0.2, 0) is 46.8 Å². The fourth-order valence-corrected chi connectivity index (χ4v) is 10.4. The summed E-state index contributed by atoms with van der Waals surface area (Å²) in [6.07, 6.45) is 3.27. The van der Waals surface area contributed by atoms with Gasteiger partial charge in [-0.15, -0.1) is 0 Å². The molecule has 6 rings (SSSR count). The lowest BCUT2D eigenvalue weighted by atomic mass is 9.98. The molecule has 2 saturated carbocycles. The molecule has 2 aliphatic carbocycles. The highest BCUT2D eigenvalue weighted by Crippen LogP contribution is 2.51. The first-order valence-electron chi connectivity index (χ1n) is 23.7. The van der Waals surface area contributed by atoms with Crippen molar-refractivity contribution >= 4 is 43.6 Å². The van der Waals surface area contributed by atoms with Gasteiger partial charge in [0.25, 0.3) is 5.91 Å². The number of nitrogens with one attached hydrogen (secondary N) is 1. The smallest absolute Gasteiger partial charge is 0.449 e. The summed E-state index contributed by atoms with van der Waals surface area (Å²) in [5, 5.41) is 2.74. The average Bonchev–Trinajstić information content (AvgIpc) is 3.81. The summed E-state index contributed by atoms with van der Waals surface area (Å²) in [6, 6.07) is 8.98. The summed E-state index contributed by atoms with van der Waals surface area (Å²) in [4.78, 5) is 82.2. The first kappa shape index (κ1) is 51.4. The Hall–Kier alpha value is -5.04. The average molecular weight is 959 g/mol. The van der Waals surface area contributed by atoms with Crippen LogP contribution in [0.15, 0.2) is 36.4 Å². The third-order valence-electron chi connectivity index (χ3n) is 12.1. The molecule has 4 aliphatic rings. The van der Waals surface area contributed by atoms with Crippen LogP contribution in [0.2, 0.25) is 0 Å². The van der Waals surface area contributed by atoms with Crippen molar-refractivity contribution in [1.82, 2.24) is 25.1 Å². The molecule has 3 heterocycles. The van der Waals surface area contributed by atoms with Crippen LogP contribution in [0, 0.1) is 0 Å². The van der Waals surface area contributed by atoms with Crippen LogP contribution < -0.4 is 10.2 Å². The Bertz CT molecular complexity index is 1950. The lowest BCUT2D eigenvalue weighted by Crippen LogP contribution is -2.57. The van der Waals surface area contributed by atoms with E-state index in [2.05, 4.69) is 10.3 Å². The number of rotatable bonds is 19. The van der Waals surface area contributed by atoms with Crippen molar-refractivity contribution in [3.8, 4) is 11.4 Å². The third-order valence-corrected chi connectivity index (χ3v) is 14.2. The maximum atomic E-state index is 15.1. The predicted molar refractivity (Wildman–Crippen MR) is 243 cm³/mol. The Morgan fingerprint density at radius 2 is 1.34 bits per heavy atom. The largest absolute Gasteiger partial charge is 0.510 e. The van der Waals surface area contributed by atoms with E-state index in [1.54, 1.807) is 7.11 Å². The number of carbonyl (C=O) groups is 5. The number of amides is 3. The van der Waals surface area contributed by atoms with Crippen molar-refractivity contribution < 1.29 is 66.0 Å². The highest BCUT2D eigenvalue weighted by molar-refractivity contribution is 7.54. The molecule has 370 valence electrons.